The van der Waals surface area contributed by atoms with Crippen LogP contribution in [0.5, 0.6) is 0 Å². The Labute approximate surface area is 146 Å². The van der Waals surface area contributed by atoms with E-state index in [0.717, 1.165) is 5.56 Å². The summed E-state index contributed by atoms with van der Waals surface area (Å²) in [5.74, 6) is 5.56. The summed E-state index contributed by atoms with van der Waals surface area (Å²) in [5.41, 5.74) is 0.803. The van der Waals surface area contributed by atoms with Gasteiger partial charge < -0.3 is 0 Å². The highest BCUT2D eigenvalue weighted by Gasteiger charge is 2.53. The molecular formula is C23H14O2. The third kappa shape index (κ3) is 2.29. The lowest BCUT2D eigenvalue weighted by molar-refractivity contribution is 0.0842. The second-order valence-electron chi connectivity index (χ2n) is 5.94. The molecule has 0 unspecified atom stereocenters. The number of hydrogen-bond acceptors (Lipinski definition) is 2. The summed E-state index contributed by atoms with van der Waals surface area (Å²) in [7, 11) is 0. The first-order chi connectivity index (χ1) is 12.2. The van der Waals surface area contributed by atoms with E-state index < -0.39 is 5.41 Å². The van der Waals surface area contributed by atoms with Crippen LogP contribution in [-0.4, -0.2) is 11.6 Å². The molecule has 0 amide bonds. The van der Waals surface area contributed by atoms with Crippen molar-refractivity contribution in [1.29, 1.82) is 0 Å². The molecule has 0 N–H and O–H groups in total. The van der Waals surface area contributed by atoms with E-state index >= 15 is 0 Å². The Hall–Kier alpha value is -3.44. The molecule has 0 aliphatic heterocycles. The van der Waals surface area contributed by atoms with Crippen LogP contribution in [0.1, 0.15) is 31.8 Å². The third-order valence-corrected chi connectivity index (χ3v) is 4.47. The van der Waals surface area contributed by atoms with Crippen molar-refractivity contribution in [3.05, 3.63) is 107 Å². The SMILES string of the molecule is O=C1c2ccccc2C(=O)C1(C#Cc1ccccc1)c1ccccc1. The monoisotopic (exact) mass is 322 g/mol. The second kappa shape index (κ2) is 5.89. The lowest BCUT2D eigenvalue weighted by Crippen LogP contribution is -2.37. The number of hydrogen-bond donors (Lipinski definition) is 0. The number of ketones is 2. The fourth-order valence-electron chi connectivity index (χ4n) is 3.21. The molecular weight excluding hydrogens is 308 g/mol. The first-order valence-corrected chi connectivity index (χ1v) is 8.06. The van der Waals surface area contributed by atoms with Gasteiger partial charge in [-0.1, -0.05) is 84.6 Å². The summed E-state index contributed by atoms with van der Waals surface area (Å²) < 4.78 is 0. The predicted octanol–water partition coefficient (Wildman–Crippen LogP) is 4.06. The largest absolute Gasteiger partial charge is 0.292 e. The van der Waals surface area contributed by atoms with Crippen molar-refractivity contribution < 1.29 is 9.59 Å². The van der Waals surface area contributed by atoms with Crippen LogP contribution in [0, 0.1) is 11.8 Å². The Morgan fingerprint density at radius 3 is 1.64 bits per heavy atom. The summed E-state index contributed by atoms with van der Waals surface area (Å²) in [6.07, 6.45) is 0. The van der Waals surface area contributed by atoms with E-state index in [1.807, 2.05) is 48.5 Å². The number of Topliss-reactive ketones (excluding diaryl/α,β-unsaturated/α-hetero) is 2. The minimum Gasteiger partial charge on any atom is -0.292 e. The number of rotatable bonds is 1. The molecule has 1 aliphatic carbocycles. The van der Waals surface area contributed by atoms with Crippen molar-refractivity contribution >= 4 is 11.6 Å². The molecule has 0 atom stereocenters. The lowest BCUT2D eigenvalue weighted by Gasteiger charge is -2.20. The van der Waals surface area contributed by atoms with E-state index in [-0.39, 0.29) is 11.6 Å². The number of carbonyl (C=O) groups excluding carboxylic acids is 2. The molecule has 0 saturated heterocycles. The lowest BCUT2D eigenvalue weighted by atomic mass is 9.76. The summed E-state index contributed by atoms with van der Waals surface area (Å²) in [4.78, 5) is 26.5. The molecule has 0 bridgehead atoms. The fourth-order valence-corrected chi connectivity index (χ4v) is 3.21. The van der Waals surface area contributed by atoms with Gasteiger partial charge >= 0.3 is 0 Å². The van der Waals surface area contributed by atoms with Gasteiger partial charge in [0.05, 0.1) is 0 Å². The van der Waals surface area contributed by atoms with Crippen LogP contribution in [0.3, 0.4) is 0 Å². The zero-order chi connectivity index (χ0) is 17.3. The maximum atomic E-state index is 13.2. The Bertz CT molecular complexity index is 987. The van der Waals surface area contributed by atoms with Crippen molar-refractivity contribution in [2.75, 3.05) is 0 Å². The molecule has 4 rings (SSSR count). The van der Waals surface area contributed by atoms with Crippen LogP contribution >= 0.6 is 0 Å². The number of fused-ring (bicyclic) bond motifs is 1. The molecule has 1 aliphatic rings. The van der Waals surface area contributed by atoms with Gasteiger partial charge in [0, 0.05) is 16.7 Å². The van der Waals surface area contributed by atoms with E-state index in [0.29, 0.717) is 16.7 Å². The number of benzene rings is 3. The van der Waals surface area contributed by atoms with Gasteiger partial charge in [-0.3, -0.25) is 9.59 Å². The molecule has 2 nitrogen and oxygen atoms in total. The van der Waals surface area contributed by atoms with Gasteiger partial charge in [-0.25, -0.2) is 0 Å². The highest BCUT2D eigenvalue weighted by Crippen LogP contribution is 2.39. The Morgan fingerprint density at radius 2 is 1.08 bits per heavy atom. The van der Waals surface area contributed by atoms with Crippen molar-refractivity contribution in [2.45, 2.75) is 5.41 Å². The third-order valence-electron chi connectivity index (χ3n) is 4.47. The molecule has 0 saturated carbocycles. The minimum absolute atomic E-state index is 0.247. The summed E-state index contributed by atoms with van der Waals surface area (Å²) in [6.45, 7) is 0. The van der Waals surface area contributed by atoms with Crippen LogP contribution in [0.2, 0.25) is 0 Å². The van der Waals surface area contributed by atoms with E-state index in [2.05, 4.69) is 11.8 Å². The van der Waals surface area contributed by atoms with Gasteiger partial charge in [0.2, 0.25) is 0 Å². The standard InChI is InChI=1S/C23H14O2/c24-21-19-13-7-8-14-20(19)22(25)23(21,18-11-5-2-6-12-18)16-15-17-9-3-1-4-10-17/h1-14H. The molecule has 25 heavy (non-hydrogen) atoms. The van der Waals surface area contributed by atoms with Gasteiger partial charge in [0.1, 0.15) is 0 Å². The topological polar surface area (TPSA) is 34.1 Å². The van der Waals surface area contributed by atoms with E-state index in [1.54, 1.807) is 36.4 Å². The first-order valence-electron chi connectivity index (χ1n) is 8.06. The van der Waals surface area contributed by atoms with Crippen LogP contribution in [0.4, 0.5) is 0 Å². The molecule has 2 heteroatoms. The number of carbonyl (C=O) groups is 2. The molecule has 0 heterocycles. The molecule has 3 aromatic carbocycles. The van der Waals surface area contributed by atoms with Gasteiger partial charge in [-0.2, -0.15) is 0 Å². The maximum Gasteiger partial charge on any atom is 0.194 e. The quantitative estimate of drug-likeness (QED) is 0.500. The maximum absolute atomic E-state index is 13.2. The average molecular weight is 322 g/mol. The Balaban J connectivity index is 1.96. The van der Waals surface area contributed by atoms with Crippen LogP contribution < -0.4 is 0 Å². The average Bonchev–Trinajstić information content (AvgIpc) is 2.90. The van der Waals surface area contributed by atoms with Crippen molar-refractivity contribution in [3.63, 3.8) is 0 Å². The molecule has 0 aromatic heterocycles. The molecule has 0 fully saturated rings. The van der Waals surface area contributed by atoms with Crippen LogP contribution in [0.25, 0.3) is 0 Å². The van der Waals surface area contributed by atoms with Crippen molar-refractivity contribution in [1.82, 2.24) is 0 Å². The zero-order valence-electron chi connectivity index (χ0n) is 13.4. The molecule has 3 aromatic rings. The normalized spacial score (nSPS) is 14.6. The molecule has 0 spiro atoms. The second-order valence-corrected chi connectivity index (χ2v) is 5.94. The van der Waals surface area contributed by atoms with Gasteiger partial charge in [0.25, 0.3) is 0 Å². The predicted molar refractivity (Wildman–Crippen MR) is 96.5 cm³/mol. The minimum atomic E-state index is -1.47. The molecule has 0 radical (unpaired) electrons. The van der Waals surface area contributed by atoms with Crippen LogP contribution in [-0.2, 0) is 5.41 Å². The molecule has 118 valence electrons. The van der Waals surface area contributed by atoms with Crippen molar-refractivity contribution in [3.8, 4) is 11.8 Å². The fraction of sp³-hybridized carbons (Fsp3) is 0.0435. The smallest absolute Gasteiger partial charge is 0.194 e. The van der Waals surface area contributed by atoms with E-state index in [1.165, 1.54) is 0 Å². The highest BCUT2D eigenvalue weighted by molar-refractivity contribution is 6.35. The first kappa shape index (κ1) is 15.1. The van der Waals surface area contributed by atoms with Gasteiger partial charge in [0.15, 0.2) is 17.0 Å². The Morgan fingerprint density at radius 1 is 0.600 bits per heavy atom. The van der Waals surface area contributed by atoms with Crippen LogP contribution in [0.15, 0.2) is 84.9 Å². The van der Waals surface area contributed by atoms with Gasteiger partial charge in [-0.05, 0) is 17.7 Å². The zero-order valence-corrected chi connectivity index (χ0v) is 13.4. The Kier molecular flexibility index (Phi) is 3.56. The van der Waals surface area contributed by atoms with E-state index in [9.17, 15) is 9.59 Å². The highest BCUT2D eigenvalue weighted by atomic mass is 16.2. The summed E-state index contributed by atoms with van der Waals surface area (Å²) in [5, 5.41) is 0. The van der Waals surface area contributed by atoms with Crippen molar-refractivity contribution in [2.24, 2.45) is 0 Å². The van der Waals surface area contributed by atoms with E-state index in [4.69, 9.17) is 0 Å². The summed E-state index contributed by atoms with van der Waals surface area (Å²) >= 11 is 0. The van der Waals surface area contributed by atoms with Gasteiger partial charge in [-0.15, -0.1) is 0 Å². The summed E-state index contributed by atoms with van der Waals surface area (Å²) in [6, 6.07) is 25.4.